The third kappa shape index (κ3) is 1.81. The Balaban J connectivity index is 1.79. The van der Waals surface area contributed by atoms with Gasteiger partial charge in [0.05, 0.1) is 6.85 Å². The van der Waals surface area contributed by atoms with Gasteiger partial charge in [0.1, 0.15) is 0 Å². The van der Waals surface area contributed by atoms with Crippen LogP contribution in [0, 0.1) is 5.89 Å². The van der Waals surface area contributed by atoms with Crippen molar-refractivity contribution in [2.24, 2.45) is 5.89 Å². The van der Waals surface area contributed by atoms with Gasteiger partial charge in [-0.05, 0) is 68.2 Å². The molecule has 4 aliphatic heterocycles. The Morgan fingerprint density at radius 2 is 2.27 bits per heavy atom. The highest BCUT2D eigenvalue weighted by Crippen LogP contribution is 2.41. The number of fused-ring (bicyclic) bond motifs is 3. The lowest BCUT2D eigenvalue weighted by Crippen LogP contribution is -2.60. The quantitative estimate of drug-likeness (QED) is 0.796. The lowest BCUT2D eigenvalue weighted by Gasteiger charge is -2.51. The zero-order valence-electron chi connectivity index (χ0n) is 24.0. The molecule has 22 heavy (non-hydrogen) atoms. The summed E-state index contributed by atoms with van der Waals surface area (Å²) >= 11 is 0. The number of carbonyl (C=O) groups excluding carboxylic acids is 1. The van der Waals surface area contributed by atoms with Gasteiger partial charge in [0, 0.05) is 40.1 Å². The second-order valence-corrected chi connectivity index (χ2v) is 6.09. The summed E-state index contributed by atoms with van der Waals surface area (Å²) in [7, 11) is 0. The normalized spacial score (nSPS) is 56.8. The monoisotopic (exact) mass is 308 g/mol. The Hall–Kier alpha value is -1.35. The van der Waals surface area contributed by atoms with Crippen molar-refractivity contribution in [3.63, 3.8) is 0 Å². The summed E-state index contributed by atoms with van der Waals surface area (Å²) in [5, 5.41) is 0. The molecule has 1 aromatic rings. The van der Waals surface area contributed by atoms with Crippen LogP contribution in [0.15, 0.2) is 18.1 Å². The molecule has 2 bridgehead atoms. The van der Waals surface area contributed by atoms with E-state index in [4.69, 9.17) is 16.4 Å². The highest BCUT2D eigenvalue weighted by atomic mass is 16.2. The molecule has 6 rings (SSSR count). The lowest BCUT2D eigenvalue weighted by atomic mass is 9.75. The van der Waals surface area contributed by atoms with Crippen molar-refractivity contribution < 1.29 is 21.2 Å². The molecule has 4 heterocycles. The molecule has 0 aromatic heterocycles. The van der Waals surface area contributed by atoms with Crippen molar-refractivity contribution >= 4 is 5.91 Å². The summed E-state index contributed by atoms with van der Waals surface area (Å²) in [6.45, 7) is -8.52. The van der Waals surface area contributed by atoms with Crippen LogP contribution in [0.3, 0.4) is 0 Å². The molecule has 3 heteroatoms. The lowest BCUT2D eigenvalue weighted by molar-refractivity contribution is 0.00258. The van der Waals surface area contributed by atoms with E-state index in [1.54, 1.807) is 0 Å². The summed E-state index contributed by atoms with van der Waals surface area (Å²) in [5.74, 6) is -4.69. The molecule has 5 aliphatic rings. The van der Waals surface area contributed by atoms with E-state index in [2.05, 4.69) is 0 Å². The van der Waals surface area contributed by atoms with Crippen molar-refractivity contribution in [1.29, 1.82) is 0 Å². The number of rotatable bonds is 1. The zero-order valence-corrected chi connectivity index (χ0v) is 12.0. The first-order valence-electron chi connectivity index (χ1n) is 13.7. The molecule has 1 aromatic carbocycles. The van der Waals surface area contributed by atoms with Gasteiger partial charge in [-0.25, -0.2) is 0 Å². The van der Waals surface area contributed by atoms with Crippen molar-refractivity contribution in [3.05, 3.63) is 34.8 Å². The van der Waals surface area contributed by atoms with Crippen molar-refractivity contribution in [1.82, 2.24) is 9.80 Å². The maximum absolute atomic E-state index is 13.9. The average Bonchev–Trinajstić information content (AvgIpc) is 2.72. The largest absolute Gasteiger partial charge is 0.333 e. The van der Waals surface area contributed by atoms with Crippen LogP contribution < -0.4 is 0 Å². The minimum absolute atomic E-state index is 0.183. The molecule has 3 nitrogen and oxygen atoms in total. The zero-order chi connectivity index (χ0) is 25.4. The van der Waals surface area contributed by atoms with Crippen LogP contribution in [-0.2, 0) is 6.42 Å². The second kappa shape index (κ2) is 4.82. The minimum Gasteiger partial charge on any atom is -0.333 e. The Kier molecular flexibility index (Phi) is 1.30. The predicted octanol–water partition coefficient (Wildman–Crippen LogP) is 2.66. The maximum atomic E-state index is 13.9. The molecule has 3 saturated heterocycles. The summed E-state index contributed by atoms with van der Waals surface area (Å²) in [4.78, 5) is 15.0. The van der Waals surface area contributed by atoms with E-state index >= 15 is 0 Å². The smallest absolute Gasteiger partial charge is 0.254 e. The molecular weight excluding hydrogens is 272 g/mol. The van der Waals surface area contributed by atoms with Crippen LogP contribution in [0.25, 0.3) is 0 Å². The van der Waals surface area contributed by atoms with Gasteiger partial charge in [-0.3, -0.25) is 4.79 Å². The average molecular weight is 308 g/mol. The molecule has 0 saturated carbocycles. The van der Waals surface area contributed by atoms with E-state index in [-0.39, 0.29) is 36.6 Å². The Bertz CT molecular complexity index is 1120. The standard InChI is InChI=1S/C19H24N2O/c22-19-16-6-2-4-14-3-1-5-15(18(14)16)11-21(19)17-12-20-9-7-13(17)8-10-20/h2,4,6,13,15,17H,1,3,5,7-12H2/t15-,17-/m1/s1/i2D,4D,6D,7D2,9D2,11D2,12D2,13D/t13-,15+,17+/m0. The van der Waals surface area contributed by atoms with E-state index in [1.165, 1.54) is 0 Å². The number of hydrogen-bond donors (Lipinski definition) is 0. The van der Waals surface area contributed by atoms with Gasteiger partial charge in [-0.2, -0.15) is 0 Å². The van der Waals surface area contributed by atoms with Gasteiger partial charge in [0.2, 0.25) is 0 Å². The third-order valence-electron chi connectivity index (χ3n) is 4.81. The Labute approximate surface area is 149 Å². The van der Waals surface area contributed by atoms with E-state index < -0.39 is 61.7 Å². The van der Waals surface area contributed by atoms with Gasteiger partial charge in [-0.1, -0.05) is 12.1 Å². The number of nitrogens with zero attached hydrogens (tertiary/aromatic N) is 2. The molecular formula is C19H24N2O. The number of hydrogen-bond acceptors (Lipinski definition) is 2. The van der Waals surface area contributed by atoms with E-state index in [1.807, 2.05) is 0 Å². The van der Waals surface area contributed by atoms with E-state index in [0.717, 1.165) is 0 Å². The summed E-state index contributed by atoms with van der Waals surface area (Å²) in [6, 6.07) is -3.31. The predicted molar refractivity (Wildman–Crippen MR) is 86.1 cm³/mol. The second-order valence-electron chi connectivity index (χ2n) is 6.09. The van der Waals surface area contributed by atoms with Crippen LogP contribution in [0.4, 0.5) is 0 Å². The minimum atomic E-state index is -2.95. The molecule has 1 aliphatic carbocycles. The first-order valence-corrected chi connectivity index (χ1v) is 7.69. The Morgan fingerprint density at radius 3 is 3.23 bits per heavy atom. The molecule has 1 amide bonds. The van der Waals surface area contributed by atoms with Crippen LogP contribution in [0.1, 0.15) is 69.5 Å². The SMILES string of the molecule is [2H]c1c([2H])c2c3c(c1[2H])C(=O)N([C@@H]1C([2H])([2H])N4CC[C@]1([2H])C([2H])([2H])C4([2H])[2H])C([2H])([2H])[C@H]3CCC2. The fourth-order valence-corrected chi connectivity index (χ4v) is 3.73. The molecule has 116 valence electrons. The summed E-state index contributed by atoms with van der Waals surface area (Å²) in [5.41, 5.74) is 0.214. The van der Waals surface area contributed by atoms with Gasteiger partial charge >= 0.3 is 0 Å². The highest BCUT2D eigenvalue weighted by molar-refractivity contribution is 5.97. The van der Waals surface area contributed by atoms with Gasteiger partial charge < -0.3 is 9.80 Å². The number of benzene rings is 1. The van der Waals surface area contributed by atoms with Crippen LogP contribution >= 0.6 is 0 Å². The van der Waals surface area contributed by atoms with Crippen LogP contribution in [0.5, 0.6) is 0 Å². The molecule has 0 N–H and O–H groups in total. The van der Waals surface area contributed by atoms with Crippen molar-refractivity contribution in [3.8, 4) is 0 Å². The highest BCUT2D eigenvalue weighted by Gasteiger charge is 2.43. The van der Waals surface area contributed by atoms with Gasteiger partial charge in [0.25, 0.3) is 5.91 Å². The molecule has 0 spiro atoms. The van der Waals surface area contributed by atoms with Crippen molar-refractivity contribution in [2.75, 3.05) is 26.0 Å². The summed E-state index contributed by atoms with van der Waals surface area (Å²) in [6.07, 6.45) is -2.25. The van der Waals surface area contributed by atoms with Crippen LogP contribution in [0.2, 0.25) is 0 Å². The molecule has 0 radical (unpaired) electrons. The van der Waals surface area contributed by atoms with Crippen molar-refractivity contribution in [2.45, 2.75) is 44.0 Å². The molecule has 1 unspecified atom stereocenters. The number of piperidine rings is 3. The topological polar surface area (TPSA) is 23.6 Å². The summed E-state index contributed by atoms with van der Waals surface area (Å²) < 4.78 is 103. The van der Waals surface area contributed by atoms with E-state index in [0.29, 0.717) is 28.2 Å². The fourth-order valence-electron chi connectivity index (χ4n) is 3.73. The van der Waals surface area contributed by atoms with E-state index in [9.17, 15) is 4.79 Å². The van der Waals surface area contributed by atoms with Gasteiger partial charge in [0.15, 0.2) is 0 Å². The molecule has 3 fully saturated rings. The Morgan fingerprint density at radius 1 is 1.32 bits per heavy atom. The third-order valence-corrected chi connectivity index (χ3v) is 4.81. The number of carbonyl (C=O) groups is 1. The van der Waals surface area contributed by atoms with Gasteiger partial charge in [-0.15, -0.1) is 0 Å². The first kappa shape index (κ1) is 5.94. The first-order chi connectivity index (χ1) is 15.5. The maximum Gasteiger partial charge on any atom is 0.254 e. The molecule has 4 atom stereocenters. The number of amides is 1. The fraction of sp³-hybridized carbons (Fsp3) is 0.632. The van der Waals surface area contributed by atoms with Crippen LogP contribution in [-0.4, -0.2) is 47.8 Å².